The molecule has 0 saturated carbocycles. The summed E-state index contributed by atoms with van der Waals surface area (Å²) in [6.45, 7) is 3.82. The van der Waals surface area contributed by atoms with Crippen LogP contribution in [0.5, 0.6) is 5.75 Å². The van der Waals surface area contributed by atoms with Crippen LogP contribution in [0.3, 0.4) is 0 Å². The van der Waals surface area contributed by atoms with E-state index in [0.29, 0.717) is 4.47 Å². The second-order valence-corrected chi connectivity index (χ2v) is 4.25. The molecule has 14 heavy (non-hydrogen) atoms. The minimum absolute atomic E-state index is 0.157. The lowest BCUT2D eigenvalue weighted by Gasteiger charge is -2.11. The van der Waals surface area contributed by atoms with Crippen LogP contribution in [0.25, 0.3) is 0 Å². The van der Waals surface area contributed by atoms with E-state index >= 15 is 0 Å². The summed E-state index contributed by atoms with van der Waals surface area (Å²) in [5.74, 6) is -0.214. The van der Waals surface area contributed by atoms with Gasteiger partial charge < -0.3 is 5.11 Å². The maximum absolute atomic E-state index is 12.5. The maximum atomic E-state index is 12.5. The first-order valence-corrected chi connectivity index (χ1v) is 5.03. The first-order chi connectivity index (χ1) is 6.43. The largest absolute Gasteiger partial charge is 0.506 e. The van der Waals surface area contributed by atoms with Crippen molar-refractivity contribution in [1.29, 1.82) is 0 Å². The second-order valence-electron chi connectivity index (χ2n) is 3.40. The van der Waals surface area contributed by atoms with Crippen molar-refractivity contribution in [2.24, 2.45) is 0 Å². The van der Waals surface area contributed by atoms with Crippen molar-refractivity contribution in [3.63, 3.8) is 0 Å². The van der Waals surface area contributed by atoms with Gasteiger partial charge in [-0.2, -0.15) is 0 Å². The van der Waals surface area contributed by atoms with Gasteiger partial charge in [0.2, 0.25) is 0 Å². The second kappa shape index (κ2) is 4.26. The molecular formula is C10H11BrF2O. The zero-order valence-corrected chi connectivity index (χ0v) is 9.48. The quantitative estimate of drug-likeness (QED) is 0.848. The fourth-order valence-electron chi connectivity index (χ4n) is 1.14. The van der Waals surface area contributed by atoms with Gasteiger partial charge in [0, 0.05) is 0 Å². The number of alkyl halides is 2. The minimum atomic E-state index is -2.65. The molecule has 0 aliphatic rings. The molecule has 1 rings (SSSR count). The van der Waals surface area contributed by atoms with Crippen LogP contribution in [-0.4, -0.2) is 5.11 Å². The molecule has 1 aromatic rings. The third kappa shape index (κ3) is 2.23. The van der Waals surface area contributed by atoms with Crippen molar-refractivity contribution in [3.05, 3.63) is 27.7 Å². The Morgan fingerprint density at radius 1 is 1.29 bits per heavy atom. The van der Waals surface area contributed by atoms with E-state index in [9.17, 15) is 13.9 Å². The monoisotopic (exact) mass is 264 g/mol. The zero-order valence-electron chi connectivity index (χ0n) is 7.89. The molecule has 0 aliphatic heterocycles. The summed E-state index contributed by atoms with van der Waals surface area (Å²) in [4.78, 5) is 0. The topological polar surface area (TPSA) is 20.2 Å². The highest BCUT2D eigenvalue weighted by Crippen LogP contribution is 2.37. The predicted molar refractivity (Wildman–Crippen MR) is 54.9 cm³/mol. The molecule has 0 unspecified atom stereocenters. The molecule has 0 radical (unpaired) electrons. The van der Waals surface area contributed by atoms with Gasteiger partial charge in [-0.05, 0) is 39.5 Å². The lowest BCUT2D eigenvalue weighted by molar-refractivity contribution is 0.147. The Bertz CT molecular complexity index is 337. The van der Waals surface area contributed by atoms with Crippen LogP contribution in [0.4, 0.5) is 8.78 Å². The smallest absolute Gasteiger partial charge is 0.267 e. The number of phenols is 1. The van der Waals surface area contributed by atoms with E-state index in [1.807, 2.05) is 13.8 Å². The molecular weight excluding hydrogens is 254 g/mol. The Morgan fingerprint density at radius 2 is 1.86 bits per heavy atom. The molecule has 0 heterocycles. The van der Waals surface area contributed by atoms with Crippen molar-refractivity contribution in [2.45, 2.75) is 26.2 Å². The first kappa shape index (κ1) is 11.4. The van der Waals surface area contributed by atoms with E-state index in [0.717, 1.165) is 5.56 Å². The summed E-state index contributed by atoms with van der Waals surface area (Å²) >= 11 is 3.05. The third-order valence-corrected chi connectivity index (χ3v) is 2.62. The molecule has 0 amide bonds. The van der Waals surface area contributed by atoms with Gasteiger partial charge >= 0.3 is 0 Å². The molecule has 0 aliphatic carbocycles. The Hall–Kier alpha value is -0.640. The van der Waals surface area contributed by atoms with Crippen LogP contribution >= 0.6 is 15.9 Å². The van der Waals surface area contributed by atoms with E-state index in [2.05, 4.69) is 15.9 Å². The zero-order chi connectivity index (χ0) is 10.9. The number of hydrogen-bond donors (Lipinski definition) is 1. The van der Waals surface area contributed by atoms with Crippen LogP contribution < -0.4 is 0 Å². The van der Waals surface area contributed by atoms with Crippen LogP contribution in [0.15, 0.2) is 16.6 Å². The number of aromatic hydroxyl groups is 1. The summed E-state index contributed by atoms with van der Waals surface area (Å²) in [6.07, 6.45) is -2.65. The minimum Gasteiger partial charge on any atom is -0.506 e. The van der Waals surface area contributed by atoms with Crippen molar-refractivity contribution >= 4 is 15.9 Å². The van der Waals surface area contributed by atoms with Crippen molar-refractivity contribution in [3.8, 4) is 5.75 Å². The van der Waals surface area contributed by atoms with E-state index in [1.54, 1.807) is 6.07 Å². The molecule has 1 N–H and O–H groups in total. The molecule has 78 valence electrons. The molecule has 0 bridgehead atoms. The van der Waals surface area contributed by atoms with Gasteiger partial charge in [-0.25, -0.2) is 8.78 Å². The highest BCUT2D eigenvalue weighted by atomic mass is 79.9. The third-order valence-electron chi connectivity index (χ3n) is 2.02. The number of phenolic OH excluding ortho intramolecular Hbond substituents is 1. The highest BCUT2D eigenvalue weighted by Gasteiger charge is 2.17. The van der Waals surface area contributed by atoms with Gasteiger partial charge in [-0.15, -0.1) is 0 Å². The summed E-state index contributed by atoms with van der Waals surface area (Å²) < 4.78 is 25.3. The van der Waals surface area contributed by atoms with Gasteiger partial charge in [0.1, 0.15) is 5.75 Å². The molecule has 0 saturated heterocycles. The van der Waals surface area contributed by atoms with Crippen molar-refractivity contribution in [1.82, 2.24) is 0 Å². The molecule has 0 atom stereocenters. The van der Waals surface area contributed by atoms with E-state index in [4.69, 9.17) is 0 Å². The number of benzene rings is 1. The molecule has 1 nitrogen and oxygen atoms in total. The normalized spacial score (nSPS) is 11.4. The summed E-state index contributed by atoms with van der Waals surface area (Å²) in [6, 6.07) is 3.00. The average Bonchev–Trinajstić information content (AvgIpc) is 2.08. The molecule has 0 spiro atoms. The van der Waals surface area contributed by atoms with Gasteiger partial charge in [0.05, 0.1) is 10.0 Å². The lowest BCUT2D eigenvalue weighted by atomic mass is 10.0. The first-order valence-electron chi connectivity index (χ1n) is 4.24. The Morgan fingerprint density at radius 3 is 2.29 bits per heavy atom. The lowest BCUT2D eigenvalue weighted by Crippen LogP contribution is -1.93. The number of rotatable bonds is 2. The van der Waals surface area contributed by atoms with E-state index in [1.165, 1.54) is 6.07 Å². The Kier molecular flexibility index (Phi) is 3.48. The van der Waals surface area contributed by atoms with Crippen LogP contribution in [0, 0.1) is 0 Å². The molecule has 0 aromatic heterocycles. The van der Waals surface area contributed by atoms with Crippen molar-refractivity contribution in [2.75, 3.05) is 0 Å². The van der Waals surface area contributed by atoms with Crippen molar-refractivity contribution < 1.29 is 13.9 Å². The summed E-state index contributed by atoms with van der Waals surface area (Å²) in [5, 5.41) is 9.35. The van der Waals surface area contributed by atoms with Gasteiger partial charge in [-0.1, -0.05) is 13.8 Å². The van der Waals surface area contributed by atoms with Gasteiger partial charge in [0.15, 0.2) is 0 Å². The highest BCUT2D eigenvalue weighted by molar-refractivity contribution is 9.10. The predicted octanol–water partition coefficient (Wildman–Crippen LogP) is 4.22. The van der Waals surface area contributed by atoms with Crippen LogP contribution in [0.1, 0.15) is 37.3 Å². The Labute approximate surface area is 89.9 Å². The molecule has 0 fully saturated rings. The fraction of sp³-hybridized carbons (Fsp3) is 0.400. The fourth-order valence-corrected chi connectivity index (χ4v) is 1.64. The number of halogens is 3. The SMILES string of the molecule is CC(C)c1cc(Br)c(O)c(C(F)F)c1. The van der Waals surface area contributed by atoms with E-state index in [-0.39, 0.29) is 17.2 Å². The van der Waals surface area contributed by atoms with Crippen LogP contribution in [0.2, 0.25) is 0 Å². The van der Waals surface area contributed by atoms with Crippen LogP contribution in [-0.2, 0) is 0 Å². The standard InChI is InChI=1S/C10H11BrF2O/c1-5(2)6-3-7(10(12)13)9(14)8(11)4-6/h3-5,10,14H,1-2H3. The van der Waals surface area contributed by atoms with Gasteiger partial charge in [-0.3, -0.25) is 0 Å². The number of hydrogen-bond acceptors (Lipinski definition) is 1. The molecule has 4 heteroatoms. The maximum Gasteiger partial charge on any atom is 0.267 e. The molecule has 1 aromatic carbocycles. The summed E-state index contributed by atoms with van der Waals surface area (Å²) in [5.41, 5.74) is 0.466. The average molecular weight is 265 g/mol. The van der Waals surface area contributed by atoms with E-state index < -0.39 is 6.43 Å². The summed E-state index contributed by atoms with van der Waals surface area (Å²) in [7, 11) is 0. The van der Waals surface area contributed by atoms with Gasteiger partial charge in [0.25, 0.3) is 6.43 Å². The Balaban J connectivity index is 3.28.